The Hall–Kier alpha value is -1.63. The second-order valence-electron chi connectivity index (χ2n) is 2.79. The summed E-state index contributed by atoms with van der Waals surface area (Å²) in [6, 6.07) is -0.509. The molecule has 0 saturated heterocycles. The number of aliphatic carboxylic acids is 1. The molecule has 0 aliphatic rings. The first-order valence-electron chi connectivity index (χ1n) is 4.22. The van der Waals surface area contributed by atoms with Gasteiger partial charge in [-0.15, -0.1) is 11.3 Å². The second-order valence-corrected chi connectivity index (χ2v) is 4.11. The molecule has 82 valence electrons. The molecule has 1 heterocycles. The lowest BCUT2D eigenvalue weighted by Crippen LogP contribution is -2.37. The number of aryl methyl sites for hydroxylation is 1. The minimum atomic E-state index is -1.07. The van der Waals surface area contributed by atoms with Crippen molar-refractivity contribution in [2.45, 2.75) is 13.5 Å². The number of nitrogens with zero attached hydrogens (tertiary/aromatic N) is 1. The number of carbonyl (C=O) groups is 2. The lowest BCUT2D eigenvalue weighted by molar-refractivity contribution is -0.135. The van der Waals surface area contributed by atoms with Crippen molar-refractivity contribution in [3.8, 4) is 0 Å². The standard InChI is InChI=1S/C8H11N3O3S/c1-5-2-9-6(15-5)3-10-8(14)11-4-7(12)13/h2H,3-4H2,1H3,(H,12,13)(H2,10,11,14). The minimum absolute atomic E-state index is 0.309. The monoisotopic (exact) mass is 229 g/mol. The third kappa shape index (κ3) is 4.41. The van der Waals surface area contributed by atoms with E-state index in [4.69, 9.17) is 5.11 Å². The zero-order chi connectivity index (χ0) is 11.3. The zero-order valence-electron chi connectivity index (χ0n) is 8.11. The highest BCUT2D eigenvalue weighted by molar-refractivity contribution is 7.11. The number of aromatic nitrogens is 1. The number of amides is 2. The molecule has 15 heavy (non-hydrogen) atoms. The summed E-state index contributed by atoms with van der Waals surface area (Å²) in [5, 5.41) is 13.8. The number of hydrogen-bond donors (Lipinski definition) is 3. The molecule has 2 amide bonds. The highest BCUT2D eigenvalue weighted by Crippen LogP contribution is 2.10. The maximum Gasteiger partial charge on any atom is 0.323 e. The van der Waals surface area contributed by atoms with Gasteiger partial charge in [0, 0.05) is 11.1 Å². The Labute approximate surface area is 90.3 Å². The third-order valence-corrected chi connectivity index (χ3v) is 2.38. The molecule has 1 rings (SSSR count). The van der Waals surface area contributed by atoms with Crippen molar-refractivity contribution in [1.29, 1.82) is 0 Å². The van der Waals surface area contributed by atoms with Crippen LogP contribution in [-0.4, -0.2) is 28.6 Å². The summed E-state index contributed by atoms with van der Waals surface area (Å²) in [7, 11) is 0. The van der Waals surface area contributed by atoms with Crippen LogP contribution >= 0.6 is 11.3 Å². The molecule has 0 aromatic carbocycles. The van der Waals surface area contributed by atoms with Crippen LogP contribution in [0.25, 0.3) is 0 Å². The van der Waals surface area contributed by atoms with E-state index < -0.39 is 12.0 Å². The van der Waals surface area contributed by atoms with Crippen molar-refractivity contribution in [2.24, 2.45) is 0 Å². The van der Waals surface area contributed by atoms with Crippen LogP contribution in [0.5, 0.6) is 0 Å². The molecule has 0 aliphatic heterocycles. The van der Waals surface area contributed by atoms with Crippen molar-refractivity contribution in [3.63, 3.8) is 0 Å². The van der Waals surface area contributed by atoms with Gasteiger partial charge < -0.3 is 15.7 Å². The van der Waals surface area contributed by atoms with E-state index in [-0.39, 0.29) is 6.54 Å². The number of nitrogens with one attached hydrogen (secondary N) is 2. The fourth-order valence-corrected chi connectivity index (χ4v) is 1.58. The fourth-order valence-electron chi connectivity index (χ4n) is 0.857. The Bertz CT molecular complexity index is 364. The lowest BCUT2D eigenvalue weighted by atomic mass is 10.6. The van der Waals surface area contributed by atoms with Gasteiger partial charge in [-0.3, -0.25) is 4.79 Å². The van der Waals surface area contributed by atoms with Gasteiger partial charge in [0.15, 0.2) is 0 Å². The molecule has 1 aromatic heterocycles. The predicted molar refractivity (Wildman–Crippen MR) is 54.7 cm³/mol. The van der Waals surface area contributed by atoms with Gasteiger partial charge in [0.2, 0.25) is 0 Å². The maximum atomic E-state index is 11.0. The van der Waals surface area contributed by atoms with Gasteiger partial charge in [-0.1, -0.05) is 0 Å². The largest absolute Gasteiger partial charge is 0.480 e. The summed E-state index contributed by atoms with van der Waals surface area (Å²) in [6.07, 6.45) is 1.72. The topological polar surface area (TPSA) is 91.3 Å². The van der Waals surface area contributed by atoms with E-state index in [0.717, 1.165) is 9.88 Å². The lowest BCUT2D eigenvalue weighted by Gasteiger charge is -2.03. The molecule has 0 bridgehead atoms. The van der Waals surface area contributed by atoms with Crippen LogP contribution in [0, 0.1) is 6.92 Å². The molecular formula is C8H11N3O3S. The van der Waals surface area contributed by atoms with Crippen molar-refractivity contribution in [2.75, 3.05) is 6.54 Å². The van der Waals surface area contributed by atoms with Crippen LogP contribution in [0.1, 0.15) is 9.88 Å². The highest BCUT2D eigenvalue weighted by Gasteiger charge is 2.04. The molecule has 3 N–H and O–H groups in total. The van der Waals surface area contributed by atoms with Crippen molar-refractivity contribution >= 4 is 23.3 Å². The molecular weight excluding hydrogens is 218 g/mol. The first-order valence-corrected chi connectivity index (χ1v) is 5.04. The molecule has 0 radical (unpaired) electrons. The van der Waals surface area contributed by atoms with Gasteiger partial charge in [0.1, 0.15) is 11.6 Å². The molecule has 0 unspecified atom stereocenters. The van der Waals surface area contributed by atoms with Crippen molar-refractivity contribution < 1.29 is 14.7 Å². The SMILES string of the molecule is Cc1cnc(CNC(=O)NCC(=O)O)s1. The molecule has 0 spiro atoms. The number of hydrogen-bond acceptors (Lipinski definition) is 4. The quantitative estimate of drug-likeness (QED) is 0.694. The first kappa shape index (κ1) is 11.4. The van der Waals surface area contributed by atoms with Crippen LogP contribution < -0.4 is 10.6 Å². The fraction of sp³-hybridized carbons (Fsp3) is 0.375. The minimum Gasteiger partial charge on any atom is -0.480 e. The van der Waals surface area contributed by atoms with Crippen LogP contribution in [0.3, 0.4) is 0 Å². The number of thiazole rings is 1. The first-order chi connectivity index (χ1) is 7.08. The zero-order valence-corrected chi connectivity index (χ0v) is 8.93. The van der Waals surface area contributed by atoms with Gasteiger partial charge in [0.25, 0.3) is 0 Å². The predicted octanol–water partition coefficient (Wildman–Crippen LogP) is 0.335. The van der Waals surface area contributed by atoms with Crippen molar-refractivity contribution in [1.82, 2.24) is 15.6 Å². The van der Waals surface area contributed by atoms with E-state index >= 15 is 0 Å². The molecule has 1 aromatic rings. The molecule has 7 heteroatoms. The van der Waals surface area contributed by atoms with Gasteiger partial charge >= 0.3 is 12.0 Å². The summed E-state index contributed by atoms with van der Waals surface area (Å²) in [5.41, 5.74) is 0. The molecule has 0 fully saturated rings. The average Bonchev–Trinajstić information content (AvgIpc) is 2.58. The number of carboxylic acid groups (broad SMARTS) is 1. The van der Waals surface area contributed by atoms with Crippen LogP contribution in [0.4, 0.5) is 4.79 Å². The Morgan fingerprint density at radius 1 is 1.53 bits per heavy atom. The van der Waals surface area contributed by atoms with Crippen molar-refractivity contribution in [3.05, 3.63) is 16.1 Å². The van der Waals surface area contributed by atoms with Gasteiger partial charge in [-0.25, -0.2) is 9.78 Å². The molecule has 0 saturated carbocycles. The van der Waals surface area contributed by atoms with E-state index in [9.17, 15) is 9.59 Å². The molecule has 0 aliphatic carbocycles. The maximum absolute atomic E-state index is 11.0. The normalized spacial score (nSPS) is 9.67. The van der Waals surface area contributed by atoms with Gasteiger partial charge in [0.05, 0.1) is 6.54 Å². The second kappa shape index (κ2) is 5.30. The van der Waals surface area contributed by atoms with E-state index in [2.05, 4.69) is 15.6 Å². The van der Waals surface area contributed by atoms with E-state index in [1.165, 1.54) is 11.3 Å². The Kier molecular flexibility index (Phi) is 4.04. The number of rotatable bonds is 4. The smallest absolute Gasteiger partial charge is 0.323 e. The Morgan fingerprint density at radius 3 is 2.80 bits per heavy atom. The summed E-state index contributed by atoms with van der Waals surface area (Å²) in [5.74, 6) is -1.07. The summed E-state index contributed by atoms with van der Waals surface area (Å²) in [6.45, 7) is 1.85. The summed E-state index contributed by atoms with van der Waals surface area (Å²) >= 11 is 1.48. The molecule has 0 atom stereocenters. The number of carbonyl (C=O) groups excluding carboxylic acids is 1. The summed E-state index contributed by atoms with van der Waals surface area (Å²) in [4.78, 5) is 26.3. The highest BCUT2D eigenvalue weighted by atomic mass is 32.1. The van der Waals surface area contributed by atoms with Gasteiger partial charge in [-0.05, 0) is 6.92 Å². The van der Waals surface area contributed by atoms with E-state index in [0.29, 0.717) is 6.54 Å². The van der Waals surface area contributed by atoms with Gasteiger partial charge in [-0.2, -0.15) is 0 Å². The Morgan fingerprint density at radius 2 is 2.27 bits per heavy atom. The summed E-state index contributed by atoms with van der Waals surface area (Å²) < 4.78 is 0. The van der Waals surface area contributed by atoms with Crippen LogP contribution in [0.2, 0.25) is 0 Å². The van der Waals surface area contributed by atoms with Crippen LogP contribution in [-0.2, 0) is 11.3 Å². The number of urea groups is 1. The average molecular weight is 229 g/mol. The molecule has 6 nitrogen and oxygen atoms in total. The number of carboxylic acids is 1. The van der Waals surface area contributed by atoms with E-state index in [1.54, 1.807) is 6.20 Å². The van der Waals surface area contributed by atoms with Crippen LogP contribution in [0.15, 0.2) is 6.20 Å². The Balaban J connectivity index is 2.25. The van der Waals surface area contributed by atoms with E-state index in [1.807, 2.05) is 6.92 Å². The third-order valence-electron chi connectivity index (χ3n) is 1.47.